The van der Waals surface area contributed by atoms with Gasteiger partial charge in [-0.15, -0.1) is 0 Å². The normalized spacial score (nSPS) is 21.3. The van der Waals surface area contributed by atoms with Gasteiger partial charge in [-0.3, -0.25) is 0 Å². The van der Waals surface area contributed by atoms with Crippen LogP contribution in [0.2, 0.25) is 0 Å². The molecule has 106 valence electrons. The Balaban J connectivity index is 1.91. The zero-order chi connectivity index (χ0) is 13.9. The van der Waals surface area contributed by atoms with E-state index in [9.17, 15) is 8.42 Å². The van der Waals surface area contributed by atoms with Gasteiger partial charge in [-0.25, -0.2) is 13.6 Å². The molecule has 0 radical (unpaired) electrons. The first-order valence-corrected chi connectivity index (χ1v) is 8.12. The van der Waals surface area contributed by atoms with E-state index in [0.29, 0.717) is 12.1 Å². The van der Waals surface area contributed by atoms with Crippen LogP contribution in [0.25, 0.3) is 0 Å². The van der Waals surface area contributed by atoms with Gasteiger partial charge in [-0.2, -0.15) is 0 Å². The largest absolute Gasteiger partial charge is 0.383 e. The molecule has 4 N–H and O–H groups in total. The Morgan fingerprint density at radius 1 is 1.42 bits per heavy atom. The Hall–Kier alpha value is -1.11. The van der Waals surface area contributed by atoms with E-state index < -0.39 is 10.0 Å². The predicted octanol–water partition coefficient (Wildman–Crippen LogP) is 1.28. The molecular weight excluding hydrogens is 262 g/mol. The van der Waals surface area contributed by atoms with Crippen LogP contribution in [0.1, 0.15) is 26.2 Å². The molecule has 5 nitrogen and oxygen atoms in total. The third kappa shape index (κ3) is 4.19. The molecule has 2 unspecified atom stereocenters. The summed E-state index contributed by atoms with van der Waals surface area (Å²) in [6, 6.07) is 7.48. The number of nitrogens with two attached hydrogens (primary N) is 1. The van der Waals surface area contributed by atoms with E-state index in [1.807, 2.05) is 0 Å². The highest BCUT2D eigenvalue weighted by Crippen LogP contribution is 2.17. The number of anilines is 1. The molecule has 2 rings (SSSR count). The summed E-state index contributed by atoms with van der Waals surface area (Å²) in [5.74, 6) is 0. The minimum atomic E-state index is -3.60. The highest BCUT2D eigenvalue weighted by molar-refractivity contribution is 7.89. The topological polar surface area (TPSA) is 84.2 Å². The Morgan fingerprint density at radius 2 is 2.11 bits per heavy atom. The molecule has 19 heavy (non-hydrogen) atoms. The maximum absolute atomic E-state index is 11.1. The van der Waals surface area contributed by atoms with E-state index in [0.717, 1.165) is 18.7 Å². The SMILES string of the molecule is CC(CC1CCCN1)Nc1ccc(S(N)(=O)=O)cc1. The first-order chi connectivity index (χ1) is 8.95. The summed E-state index contributed by atoms with van der Waals surface area (Å²) < 4.78 is 22.3. The Morgan fingerprint density at radius 3 is 2.63 bits per heavy atom. The second kappa shape index (κ2) is 5.90. The van der Waals surface area contributed by atoms with Gasteiger partial charge < -0.3 is 10.6 Å². The van der Waals surface area contributed by atoms with E-state index in [1.54, 1.807) is 12.1 Å². The maximum Gasteiger partial charge on any atom is 0.238 e. The number of benzene rings is 1. The molecule has 1 saturated heterocycles. The van der Waals surface area contributed by atoms with Gasteiger partial charge >= 0.3 is 0 Å². The van der Waals surface area contributed by atoms with E-state index in [2.05, 4.69) is 17.6 Å². The van der Waals surface area contributed by atoms with Crippen LogP contribution in [0, 0.1) is 0 Å². The van der Waals surface area contributed by atoms with Crippen LogP contribution in [0.3, 0.4) is 0 Å². The first kappa shape index (κ1) is 14.3. The molecule has 1 fully saturated rings. The lowest BCUT2D eigenvalue weighted by atomic mass is 10.1. The molecule has 6 heteroatoms. The average Bonchev–Trinajstić information content (AvgIpc) is 2.81. The maximum atomic E-state index is 11.1. The Bertz CT molecular complexity index is 507. The van der Waals surface area contributed by atoms with Crippen molar-refractivity contribution >= 4 is 15.7 Å². The van der Waals surface area contributed by atoms with Gasteiger partial charge in [0.05, 0.1) is 4.90 Å². The predicted molar refractivity (Wildman–Crippen MR) is 76.5 cm³/mol. The molecular formula is C13H21N3O2S. The monoisotopic (exact) mass is 283 g/mol. The standard InChI is InChI=1S/C13H21N3O2S/c1-10(9-12-3-2-8-15-12)16-11-4-6-13(7-5-11)19(14,17)18/h4-7,10,12,15-16H,2-3,8-9H2,1H3,(H2,14,17,18). The van der Waals surface area contributed by atoms with Gasteiger partial charge in [-0.1, -0.05) is 0 Å². The van der Waals surface area contributed by atoms with Crippen molar-refractivity contribution in [2.24, 2.45) is 5.14 Å². The molecule has 0 aromatic heterocycles. The van der Waals surface area contributed by atoms with Crippen molar-refractivity contribution in [2.75, 3.05) is 11.9 Å². The summed E-state index contributed by atoms with van der Waals surface area (Å²) in [7, 11) is -3.60. The molecule has 0 amide bonds. The molecule has 1 aliphatic rings. The van der Waals surface area contributed by atoms with Gasteiger partial charge in [0.1, 0.15) is 0 Å². The Kier molecular flexibility index (Phi) is 4.44. The lowest BCUT2D eigenvalue weighted by Gasteiger charge is -2.19. The number of nitrogens with one attached hydrogen (secondary N) is 2. The highest BCUT2D eigenvalue weighted by atomic mass is 32.2. The lowest BCUT2D eigenvalue weighted by Crippen LogP contribution is -2.29. The summed E-state index contributed by atoms with van der Waals surface area (Å²) in [6.45, 7) is 3.24. The van der Waals surface area contributed by atoms with Crippen LogP contribution in [0.4, 0.5) is 5.69 Å². The van der Waals surface area contributed by atoms with E-state index in [1.165, 1.54) is 25.0 Å². The molecule has 0 bridgehead atoms. The van der Waals surface area contributed by atoms with Crippen LogP contribution >= 0.6 is 0 Å². The van der Waals surface area contributed by atoms with Gasteiger partial charge in [-0.05, 0) is 57.0 Å². The molecule has 2 atom stereocenters. The summed E-state index contributed by atoms with van der Waals surface area (Å²) in [5, 5.41) is 11.9. The third-order valence-corrected chi connectivity index (χ3v) is 4.33. The van der Waals surface area contributed by atoms with E-state index in [-0.39, 0.29) is 4.90 Å². The van der Waals surface area contributed by atoms with Crippen molar-refractivity contribution in [3.8, 4) is 0 Å². The van der Waals surface area contributed by atoms with Crippen molar-refractivity contribution in [1.82, 2.24) is 5.32 Å². The Labute approximate surface area is 114 Å². The van der Waals surface area contributed by atoms with Gasteiger partial charge in [0.2, 0.25) is 10.0 Å². The molecule has 1 aliphatic heterocycles. The molecule has 1 aromatic rings. The molecule has 0 spiro atoms. The summed E-state index contributed by atoms with van der Waals surface area (Å²) >= 11 is 0. The summed E-state index contributed by atoms with van der Waals surface area (Å²) in [5.41, 5.74) is 0.915. The van der Waals surface area contributed by atoms with Crippen molar-refractivity contribution in [2.45, 2.75) is 43.2 Å². The fourth-order valence-electron chi connectivity index (χ4n) is 2.47. The number of sulfonamides is 1. The fraction of sp³-hybridized carbons (Fsp3) is 0.538. The average molecular weight is 283 g/mol. The molecule has 0 saturated carbocycles. The first-order valence-electron chi connectivity index (χ1n) is 6.58. The second-order valence-electron chi connectivity index (χ2n) is 5.14. The van der Waals surface area contributed by atoms with Crippen molar-refractivity contribution in [3.05, 3.63) is 24.3 Å². The lowest BCUT2D eigenvalue weighted by molar-refractivity contribution is 0.523. The molecule has 0 aliphatic carbocycles. The zero-order valence-electron chi connectivity index (χ0n) is 11.1. The second-order valence-corrected chi connectivity index (χ2v) is 6.71. The fourth-order valence-corrected chi connectivity index (χ4v) is 2.98. The number of rotatable bonds is 5. The quantitative estimate of drug-likeness (QED) is 0.760. The van der Waals surface area contributed by atoms with Crippen LogP contribution in [-0.4, -0.2) is 27.0 Å². The molecule has 1 aromatic carbocycles. The van der Waals surface area contributed by atoms with Crippen molar-refractivity contribution in [3.63, 3.8) is 0 Å². The number of primary sulfonamides is 1. The minimum Gasteiger partial charge on any atom is -0.383 e. The van der Waals surface area contributed by atoms with Crippen LogP contribution in [-0.2, 0) is 10.0 Å². The van der Waals surface area contributed by atoms with E-state index >= 15 is 0 Å². The zero-order valence-corrected chi connectivity index (χ0v) is 11.9. The van der Waals surface area contributed by atoms with Gasteiger partial charge in [0, 0.05) is 17.8 Å². The third-order valence-electron chi connectivity index (χ3n) is 3.40. The van der Waals surface area contributed by atoms with E-state index in [4.69, 9.17) is 5.14 Å². The van der Waals surface area contributed by atoms with Crippen LogP contribution in [0.5, 0.6) is 0 Å². The minimum absolute atomic E-state index is 0.142. The van der Waals surface area contributed by atoms with Gasteiger partial charge in [0.25, 0.3) is 0 Å². The molecule has 1 heterocycles. The summed E-state index contributed by atoms with van der Waals surface area (Å²) in [6.07, 6.45) is 3.55. The van der Waals surface area contributed by atoms with Crippen LogP contribution < -0.4 is 15.8 Å². The van der Waals surface area contributed by atoms with Crippen molar-refractivity contribution in [1.29, 1.82) is 0 Å². The number of hydrogen-bond donors (Lipinski definition) is 3. The van der Waals surface area contributed by atoms with Crippen molar-refractivity contribution < 1.29 is 8.42 Å². The smallest absolute Gasteiger partial charge is 0.238 e. The highest BCUT2D eigenvalue weighted by Gasteiger charge is 2.17. The summed E-state index contributed by atoms with van der Waals surface area (Å²) in [4.78, 5) is 0.142. The number of hydrogen-bond acceptors (Lipinski definition) is 4. The van der Waals surface area contributed by atoms with Gasteiger partial charge in [0.15, 0.2) is 0 Å². The van der Waals surface area contributed by atoms with Crippen LogP contribution in [0.15, 0.2) is 29.2 Å².